The van der Waals surface area contributed by atoms with Crippen LogP contribution in [0, 0.1) is 5.41 Å². The van der Waals surface area contributed by atoms with Crippen molar-refractivity contribution in [2.75, 3.05) is 34.3 Å². The van der Waals surface area contributed by atoms with Crippen molar-refractivity contribution < 1.29 is 9.53 Å². The second kappa shape index (κ2) is 7.41. The molecule has 1 aromatic rings. The number of ether oxygens (including phenoxy) is 1. The summed E-state index contributed by atoms with van der Waals surface area (Å²) in [7, 11) is 5.57. The minimum Gasteiger partial charge on any atom is -0.465 e. The van der Waals surface area contributed by atoms with Gasteiger partial charge in [-0.25, -0.2) is 4.79 Å². The van der Waals surface area contributed by atoms with Crippen LogP contribution in [0.4, 0.5) is 0 Å². The molecule has 0 aliphatic carbocycles. The van der Waals surface area contributed by atoms with Gasteiger partial charge in [-0.3, -0.25) is 0 Å². The summed E-state index contributed by atoms with van der Waals surface area (Å²) in [6.45, 7) is 7.30. The molecule has 0 aliphatic heterocycles. The Labute approximate surface area is 122 Å². The number of carbonyl (C=O) groups is 1. The van der Waals surface area contributed by atoms with Crippen molar-refractivity contribution in [2.45, 2.75) is 20.4 Å². The van der Waals surface area contributed by atoms with E-state index >= 15 is 0 Å². The molecular formula is C16H26N2O2. The summed E-state index contributed by atoms with van der Waals surface area (Å²) in [6.07, 6.45) is 0. The molecular weight excluding hydrogens is 252 g/mol. The summed E-state index contributed by atoms with van der Waals surface area (Å²) in [6, 6.07) is 7.51. The van der Waals surface area contributed by atoms with Crippen molar-refractivity contribution in [1.82, 2.24) is 10.2 Å². The molecule has 1 aromatic carbocycles. The van der Waals surface area contributed by atoms with Crippen LogP contribution in [0.5, 0.6) is 0 Å². The van der Waals surface area contributed by atoms with E-state index in [2.05, 4.69) is 42.9 Å². The van der Waals surface area contributed by atoms with Crippen LogP contribution in [-0.2, 0) is 11.3 Å². The van der Waals surface area contributed by atoms with Gasteiger partial charge in [0.15, 0.2) is 0 Å². The molecule has 0 bridgehead atoms. The summed E-state index contributed by atoms with van der Waals surface area (Å²) >= 11 is 0. The van der Waals surface area contributed by atoms with Gasteiger partial charge in [0.2, 0.25) is 0 Å². The van der Waals surface area contributed by atoms with Gasteiger partial charge in [-0.1, -0.05) is 26.0 Å². The largest absolute Gasteiger partial charge is 0.465 e. The number of esters is 1. The first kappa shape index (κ1) is 16.7. The summed E-state index contributed by atoms with van der Waals surface area (Å²) < 4.78 is 4.68. The smallest absolute Gasteiger partial charge is 0.337 e. The topological polar surface area (TPSA) is 41.6 Å². The summed E-state index contributed by atoms with van der Waals surface area (Å²) in [5.74, 6) is -0.295. The van der Waals surface area contributed by atoms with E-state index in [-0.39, 0.29) is 11.4 Å². The zero-order chi connectivity index (χ0) is 15.2. The van der Waals surface area contributed by atoms with Gasteiger partial charge in [0, 0.05) is 19.6 Å². The zero-order valence-corrected chi connectivity index (χ0v) is 13.2. The van der Waals surface area contributed by atoms with Gasteiger partial charge in [-0.15, -0.1) is 0 Å². The van der Waals surface area contributed by atoms with Crippen molar-refractivity contribution in [3.05, 3.63) is 35.4 Å². The van der Waals surface area contributed by atoms with Crippen molar-refractivity contribution in [3.8, 4) is 0 Å². The van der Waals surface area contributed by atoms with Gasteiger partial charge in [0.25, 0.3) is 0 Å². The van der Waals surface area contributed by atoms with Crippen LogP contribution < -0.4 is 5.32 Å². The van der Waals surface area contributed by atoms with E-state index in [0.29, 0.717) is 5.56 Å². The Balaban J connectivity index is 2.44. The normalized spacial score (nSPS) is 11.7. The third-order valence-corrected chi connectivity index (χ3v) is 3.05. The molecule has 1 N–H and O–H groups in total. The first-order chi connectivity index (χ1) is 9.34. The molecule has 4 nitrogen and oxygen atoms in total. The molecule has 0 radical (unpaired) electrons. The fraction of sp³-hybridized carbons (Fsp3) is 0.562. The Hall–Kier alpha value is -1.39. The molecule has 4 heteroatoms. The lowest BCUT2D eigenvalue weighted by Gasteiger charge is -2.28. The number of nitrogens with zero attached hydrogens (tertiary/aromatic N) is 1. The average molecular weight is 278 g/mol. The summed E-state index contributed by atoms with van der Waals surface area (Å²) in [5, 5.41) is 3.47. The quantitative estimate of drug-likeness (QED) is 0.776. The van der Waals surface area contributed by atoms with E-state index in [0.717, 1.165) is 19.6 Å². The van der Waals surface area contributed by atoms with E-state index in [1.54, 1.807) is 12.1 Å². The molecule has 0 amide bonds. The first-order valence-electron chi connectivity index (χ1n) is 6.87. The molecule has 0 spiro atoms. The molecule has 0 aromatic heterocycles. The second-order valence-corrected chi connectivity index (χ2v) is 6.19. The second-order valence-electron chi connectivity index (χ2n) is 6.19. The third-order valence-electron chi connectivity index (χ3n) is 3.05. The van der Waals surface area contributed by atoms with Gasteiger partial charge < -0.3 is 15.0 Å². The SMILES string of the molecule is COC(=O)c1ccc(CNCC(C)(C)CN(C)C)cc1. The Morgan fingerprint density at radius 3 is 2.35 bits per heavy atom. The van der Waals surface area contributed by atoms with Gasteiger partial charge >= 0.3 is 5.97 Å². The number of carbonyl (C=O) groups excluding carboxylic acids is 1. The van der Waals surface area contributed by atoms with Crippen molar-refractivity contribution in [3.63, 3.8) is 0 Å². The molecule has 0 fully saturated rings. The molecule has 112 valence electrons. The average Bonchev–Trinajstić information content (AvgIpc) is 2.37. The maximum atomic E-state index is 11.3. The van der Waals surface area contributed by atoms with Crippen LogP contribution in [0.2, 0.25) is 0 Å². The van der Waals surface area contributed by atoms with E-state index in [4.69, 9.17) is 0 Å². The Morgan fingerprint density at radius 2 is 1.85 bits per heavy atom. The molecule has 20 heavy (non-hydrogen) atoms. The van der Waals surface area contributed by atoms with Gasteiger partial charge in [0.05, 0.1) is 12.7 Å². The molecule has 0 unspecified atom stereocenters. The fourth-order valence-corrected chi connectivity index (χ4v) is 2.33. The van der Waals surface area contributed by atoms with E-state index < -0.39 is 0 Å². The highest BCUT2D eigenvalue weighted by molar-refractivity contribution is 5.89. The minimum absolute atomic E-state index is 0.232. The van der Waals surface area contributed by atoms with Gasteiger partial charge in [0.1, 0.15) is 0 Å². The van der Waals surface area contributed by atoms with Crippen molar-refractivity contribution in [1.29, 1.82) is 0 Å². The molecule has 0 saturated carbocycles. The Morgan fingerprint density at radius 1 is 1.25 bits per heavy atom. The van der Waals surface area contributed by atoms with Crippen LogP contribution in [-0.4, -0.2) is 45.2 Å². The number of methoxy groups -OCH3 is 1. The Bertz CT molecular complexity index is 425. The van der Waals surface area contributed by atoms with Crippen molar-refractivity contribution >= 4 is 5.97 Å². The lowest BCUT2D eigenvalue weighted by Crippen LogP contribution is -2.37. The maximum absolute atomic E-state index is 11.3. The molecule has 0 atom stereocenters. The van der Waals surface area contributed by atoms with Gasteiger partial charge in [-0.2, -0.15) is 0 Å². The van der Waals surface area contributed by atoms with Crippen LogP contribution in [0.1, 0.15) is 29.8 Å². The highest BCUT2D eigenvalue weighted by Crippen LogP contribution is 2.14. The number of benzene rings is 1. The molecule has 1 rings (SSSR count). The van der Waals surface area contributed by atoms with Crippen LogP contribution in [0.15, 0.2) is 24.3 Å². The van der Waals surface area contributed by atoms with E-state index in [1.807, 2.05) is 12.1 Å². The lowest BCUT2D eigenvalue weighted by atomic mass is 9.93. The number of hydrogen-bond donors (Lipinski definition) is 1. The van der Waals surface area contributed by atoms with E-state index in [1.165, 1.54) is 12.7 Å². The summed E-state index contributed by atoms with van der Waals surface area (Å²) in [4.78, 5) is 13.5. The number of hydrogen-bond acceptors (Lipinski definition) is 4. The van der Waals surface area contributed by atoms with Gasteiger partial charge in [-0.05, 0) is 37.2 Å². The van der Waals surface area contributed by atoms with Crippen LogP contribution >= 0.6 is 0 Å². The van der Waals surface area contributed by atoms with Crippen LogP contribution in [0.25, 0.3) is 0 Å². The van der Waals surface area contributed by atoms with Crippen molar-refractivity contribution in [2.24, 2.45) is 5.41 Å². The highest BCUT2D eigenvalue weighted by Gasteiger charge is 2.18. The predicted octanol–water partition coefficient (Wildman–Crippen LogP) is 2.15. The molecule has 0 aliphatic rings. The summed E-state index contributed by atoms with van der Waals surface area (Å²) in [5.41, 5.74) is 1.98. The fourth-order valence-electron chi connectivity index (χ4n) is 2.33. The monoisotopic (exact) mass is 278 g/mol. The van der Waals surface area contributed by atoms with E-state index in [9.17, 15) is 4.79 Å². The maximum Gasteiger partial charge on any atom is 0.337 e. The molecule has 0 saturated heterocycles. The minimum atomic E-state index is -0.295. The number of nitrogens with one attached hydrogen (secondary N) is 1. The number of rotatable bonds is 7. The third kappa shape index (κ3) is 5.72. The molecule has 0 heterocycles. The first-order valence-corrected chi connectivity index (χ1v) is 6.87. The van der Waals surface area contributed by atoms with Crippen LogP contribution in [0.3, 0.4) is 0 Å². The predicted molar refractivity (Wildman–Crippen MR) is 81.8 cm³/mol. The zero-order valence-electron chi connectivity index (χ0n) is 13.2. The standard InChI is InChI=1S/C16H26N2O2/c1-16(2,12-18(3)4)11-17-10-13-6-8-14(9-7-13)15(19)20-5/h6-9,17H,10-12H2,1-5H3. The Kier molecular flexibility index (Phi) is 6.17. The highest BCUT2D eigenvalue weighted by atomic mass is 16.5. The lowest BCUT2D eigenvalue weighted by molar-refractivity contribution is 0.0600.